The quantitative estimate of drug-likeness (QED) is 0.742. The van der Waals surface area contributed by atoms with Crippen molar-refractivity contribution >= 4 is 10.0 Å². The maximum Gasteiger partial charge on any atom is 0.215 e. The van der Waals surface area contributed by atoms with E-state index in [1.54, 1.807) is 4.31 Å². The van der Waals surface area contributed by atoms with E-state index in [-0.39, 0.29) is 11.8 Å². The van der Waals surface area contributed by atoms with E-state index < -0.39 is 10.0 Å². The van der Waals surface area contributed by atoms with Crippen LogP contribution in [0.3, 0.4) is 0 Å². The van der Waals surface area contributed by atoms with Gasteiger partial charge in [-0.05, 0) is 25.9 Å². The van der Waals surface area contributed by atoms with E-state index in [9.17, 15) is 8.42 Å². The van der Waals surface area contributed by atoms with Gasteiger partial charge in [0.05, 0.1) is 5.75 Å². The second-order valence-electron chi connectivity index (χ2n) is 4.87. The highest BCUT2D eigenvalue weighted by Crippen LogP contribution is 2.19. The van der Waals surface area contributed by atoms with E-state index >= 15 is 0 Å². The Hall–Kier alpha value is -0.170. The maximum absolute atomic E-state index is 12.2. The third kappa shape index (κ3) is 3.19. The summed E-state index contributed by atoms with van der Waals surface area (Å²) < 4.78 is 26.1. The van der Waals surface area contributed by atoms with E-state index in [2.05, 4.69) is 17.1 Å². The molecule has 2 heterocycles. The second-order valence-corrected chi connectivity index (χ2v) is 6.91. The lowest BCUT2D eigenvalue weighted by Crippen LogP contribution is -2.50. The van der Waals surface area contributed by atoms with Gasteiger partial charge >= 0.3 is 0 Å². The summed E-state index contributed by atoms with van der Waals surface area (Å²) in [5, 5.41) is 3.16. The number of likely N-dealkylation sites (tertiary alicyclic amines) is 1. The zero-order valence-corrected chi connectivity index (χ0v) is 11.4. The first-order valence-corrected chi connectivity index (χ1v) is 8.17. The van der Waals surface area contributed by atoms with Crippen LogP contribution in [-0.2, 0) is 10.0 Å². The van der Waals surface area contributed by atoms with Crippen LogP contribution in [0, 0.1) is 0 Å². The fourth-order valence-corrected chi connectivity index (χ4v) is 4.37. The van der Waals surface area contributed by atoms with Crippen LogP contribution in [0.1, 0.15) is 19.8 Å². The molecule has 2 rings (SSSR count). The van der Waals surface area contributed by atoms with Gasteiger partial charge in [0.25, 0.3) is 0 Å². The average molecular weight is 261 g/mol. The van der Waals surface area contributed by atoms with Crippen molar-refractivity contribution < 1.29 is 8.42 Å². The lowest BCUT2D eigenvalue weighted by Gasteiger charge is -2.37. The van der Waals surface area contributed by atoms with E-state index in [0.717, 1.165) is 39.0 Å². The predicted molar refractivity (Wildman–Crippen MR) is 68.5 cm³/mol. The molecule has 0 aliphatic carbocycles. The molecule has 0 aromatic rings. The Morgan fingerprint density at radius 1 is 1.29 bits per heavy atom. The van der Waals surface area contributed by atoms with Gasteiger partial charge in [-0.25, -0.2) is 8.42 Å². The predicted octanol–water partition coefficient (Wildman–Crippen LogP) is -0.294. The SMILES string of the molecule is CCN1CCCC(N2CCNCCS2(=O)=O)C1. The van der Waals surface area contributed by atoms with Crippen molar-refractivity contribution in [1.29, 1.82) is 0 Å². The van der Waals surface area contributed by atoms with E-state index in [1.165, 1.54) is 0 Å². The topological polar surface area (TPSA) is 52.6 Å². The summed E-state index contributed by atoms with van der Waals surface area (Å²) in [6.07, 6.45) is 2.12. The standard InChI is InChI=1S/C11H23N3O2S/c1-2-13-7-3-4-11(10-13)14-8-5-12-6-9-17(14,15)16/h11-12H,2-10H2,1H3. The van der Waals surface area contributed by atoms with Crippen molar-refractivity contribution in [1.82, 2.24) is 14.5 Å². The molecule has 0 spiro atoms. The molecule has 100 valence electrons. The van der Waals surface area contributed by atoms with Crippen LogP contribution < -0.4 is 5.32 Å². The summed E-state index contributed by atoms with van der Waals surface area (Å²) in [5.74, 6) is 0.246. The molecular formula is C11H23N3O2S. The number of nitrogens with one attached hydrogen (secondary N) is 1. The molecule has 2 aliphatic rings. The highest BCUT2D eigenvalue weighted by Gasteiger charge is 2.33. The van der Waals surface area contributed by atoms with Crippen LogP contribution in [0.25, 0.3) is 0 Å². The third-order valence-corrected chi connectivity index (χ3v) is 5.65. The molecule has 2 aliphatic heterocycles. The lowest BCUT2D eigenvalue weighted by molar-refractivity contribution is 0.155. The van der Waals surface area contributed by atoms with Crippen molar-refractivity contribution in [3.8, 4) is 0 Å². The third-order valence-electron chi connectivity index (χ3n) is 3.74. The first kappa shape index (κ1) is 13.3. The summed E-state index contributed by atoms with van der Waals surface area (Å²) in [6, 6.07) is 0.189. The lowest BCUT2D eigenvalue weighted by atomic mass is 10.1. The van der Waals surface area contributed by atoms with Gasteiger partial charge in [-0.1, -0.05) is 6.92 Å². The monoisotopic (exact) mass is 261 g/mol. The highest BCUT2D eigenvalue weighted by molar-refractivity contribution is 7.89. The molecule has 0 radical (unpaired) electrons. The molecule has 5 nitrogen and oxygen atoms in total. The summed E-state index contributed by atoms with van der Waals surface area (Å²) in [4.78, 5) is 2.35. The molecule has 0 bridgehead atoms. The first-order valence-electron chi connectivity index (χ1n) is 6.56. The van der Waals surface area contributed by atoms with Crippen molar-refractivity contribution in [3.05, 3.63) is 0 Å². The van der Waals surface area contributed by atoms with Gasteiger partial charge in [0, 0.05) is 32.2 Å². The minimum absolute atomic E-state index is 0.189. The van der Waals surface area contributed by atoms with Gasteiger partial charge in [-0.2, -0.15) is 4.31 Å². The fraction of sp³-hybridized carbons (Fsp3) is 1.00. The molecule has 0 amide bonds. The van der Waals surface area contributed by atoms with Gasteiger partial charge in [0.15, 0.2) is 0 Å². The summed E-state index contributed by atoms with van der Waals surface area (Å²) in [5.41, 5.74) is 0. The van der Waals surface area contributed by atoms with Crippen LogP contribution in [-0.4, -0.2) is 68.7 Å². The van der Waals surface area contributed by atoms with Gasteiger partial charge in [0.2, 0.25) is 10.0 Å². The Morgan fingerprint density at radius 2 is 2.12 bits per heavy atom. The zero-order valence-electron chi connectivity index (χ0n) is 10.6. The van der Waals surface area contributed by atoms with E-state index in [1.807, 2.05) is 0 Å². The van der Waals surface area contributed by atoms with Crippen molar-refractivity contribution in [2.45, 2.75) is 25.8 Å². The molecule has 0 saturated carbocycles. The Balaban J connectivity index is 2.08. The van der Waals surface area contributed by atoms with Crippen molar-refractivity contribution in [2.75, 3.05) is 45.0 Å². The van der Waals surface area contributed by atoms with E-state index in [4.69, 9.17) is 0 Å². The summed E-state index contributed by atoms with van der Waals surface area (Å²) in [7, 11) is -3.05. The molecule has 17 heavy (non-hydrogen) atoms. The van der Waals surface area contributed by atoms with E-state index in [0.29, 0.717) is 13.1 Å². The second kappa shape index (κ2) is 5.65. The zero-order chi connectivity index (χ0) is 12.3. The van der Waals surface area contributed by atoms with Crippen LogP contribution in [0.2, 0.25) is 0 Å². The van der Waals surface area contributed by atoms with Crippen molar-refractivity contribution in [2.24, 2.45) is 0 Å². The number of hydrogen-bond acceptors (Lipinski definition) is 4. The summed E-state index contributed by atoms with van der Waals surface area (Å²) in [6.45, 7) is 7.16. The largest absolute Gasteiger partial charge is 0.314 e. The van der Waals surface area contributed by atoms with Crippen LogP contribution in [0.5, 0.6) is 0 Å². The number of piperidine rings is 1. The Bertz CT molecular complexity index is 345. The maximum atomic E-state index is 12.2. The normalized spacial score (nSPS) is 32.2. The molecule has 2 fully saturated rings. The minimum atomic E-state index is -3.05. The molecule has 0 aromatic heterocycles. The smallest absolute Gasteiger partial charge is 0.215 e. The number of nitrogens with zero attached hydrogens (tertiary/aromatic N) is 2. The number of rotatable bonds is 2. The molecule has 6 heteroatoms. The minimum Gasteiger partial charge on any atom is -0.314 e. The van der Waals surface area contributed by atoms with Gasteiger partial charge in [0.1, 0.15) is 0 Å². The fourth-order valence-electron chi connectivity index (χ4n) is 2.73. The molecule has 1 atom stereocenters. The average Bonchev–Trinajstić information content (AvgIpc) is 2.50. The van der Waals surface area contributed by atoms with Crippen molar-refractivity contribution in [3.63, 3.8) is 0 Å². The Labute approximate surface area is 104 Å². The first-order chi connectivity index (χ1) is 8.13. The Kier molecular flexibility index (Phi) is 4.41. The Morgan fingerprint density at radius 3 is 2.88 bits per heavy atom. The van der Waals surface area contributed by atoms with Crippen LogP contribution in [0.15, 0.2) is 0 Å². The molecule has 2 saturated heterocycles. The molecule has 1 N–H and O–H groups in total. The molecule has 1 unspecified atom stereocenters. The van der Waals surface area contributed by atoms with Gasteiger partial charge in [-0.15, -0.1) is 0 Å². The molecular weight excluding hydrogens is 238 g/mol. The van der Waals surface area contributed by atoms with Gasteiger partial charge in [-0.3, -0.25) is 0 Å². The molecule has 0 aromatic carbocycles. The highest BCUT2D eigenvalue weighted by atomic mass is 32.2. The van der Waals surface area contributed by atoms with Gasteiger partial charge < -0.3 is 10.2 Å². The van der Waals surface area contributed by atoms with Crippen LogP contribution >= 0.6 is 0 Å². The van der Waals surface area contributed by atoms with Crippen LogP contribution in [0.4, 0.5) is 0 Å². The summed E-state index contributed by atoms with van der Waals surface area (Å²) >= 11 is 0. The number of hydrogen-bond donors (Lipinski definition) is 1. The number of likely N-dealkylation sites (N-methyl/N-ethyl adjacent to an activating group) is 1. The number of sulfonamides is 1.